The average Bonchev–Trinajstić information content (AvgIpc) is 2.71. The molecule has 1 aliphatic heterocycles. The van der Waals surface area contributed by atoms with Gasteiger partial charge in [-0.05, 0) is 73.8 Å². The highest BCUT2D eigenvalue weighted by Gasteiger charge is 2.09. The van der Waals surface area contributed by atoms with E-state index in [1.165, 1.54) is 32.4 Å². The van der Waals surface area contributed by atoms with E-state index in [0.717, 1.165) is 55.5 Å². The first kappa shape index (κ1) is 19.7. The molecule has 0 aliphatic carbocycles. The minimum atomic E-state index is 0.00314. The number of benzene rings is 2. The first-order chi connectivity index (χ1) is 13.3. The van der Waals surface area contributed by atoms with Crippen LogP contribution < -0.4 is 10.1 Å². The fourth-order valence-electron chi connectivity index (χ4n) is 3.60. The van der Waals surface area contributed by atoms with Gasteiger partial charge in [-0.15, -0.1) is 0 Å². The van der Waals surface area contributed by atoms with Crippen LogP contribution in [0.2, 0.25) is 0 Å². The molecule has 1 aliphatic rings. The second-order valence-electron chi connectivity index (χ2n) is 7.44. The van der Waals surface area contributed by atoms with Crippen LogP contribution in [-0.4, -0.2) is 43.6 Å². The third-order valence-electron chi connectivity index (χ3n) is 5.23. The van der Waals surface area contributed by atoms with Crippen molar-refractivity contribution in [3.05, 3.63) is 42.0 Å². The maximum Gasteiger partial charge on any atom is 0.251 e. The minimum Gasteiger partial charge on any atom is -0.494 e. The SMILES string of the molecule is CCCCNC(=O)c1ccc2cc(OCCCN3CCCCC3)ccc2c1. The van der Waals surface area contributed by atoms with E-state index in [4.69, 9.17) is 4.74 Å². The summed E-state index contributed by atoms with van der Waals surface area (Å²) < 4.78 is 5.94. The van der Waals surface area contributed by atoms with Crippen molar-refractivity contribution < 1.29 is 9.53 Å². The highest BCUT2D eigenvalue weighted by Crippen LogP contribution is 2.22. The summed E-state index contributed by atoms with van der Waals surface area (Å²) in [4.78, 5) is 14.7. The number of nitrogens with zero attached hydrogens (tertiary/aromatic N) is 1. The van der Waals surface area contributed by atoms with Gasteiger partial charge in [-0.2, -0.15) is 0 Å². The van der Waals surface area contributed by atoms with Crippen molar-refractivity contribution in [1.82, 2.24) is 10.2 Å². The molecule has 146 valence electrons. The van der Waals surface area contributed by atoms with Gasteiger partial charge in [0.25, 0.3) is 5.91 Å². The van der Waals surface area contributed by atoms with Crippen LogP contribution in [0.3, 0.4) is 0 Å². The van der Waals surface area contributed by atoms with Gasteiger partial charge in [-0.1, -0.05) is 31.9 Å². The summed E-state index contributed by atoms with van der Waals surface area (Å²) in [6.07, 6.45) is 7.21. The molecular formula is C23H32N2O2. The van der Waals surface area contributed by atoms with E-state index in [1.54, 1.807) is 0 Å². The van der Waals surface area contributed by atoms with Crippen LogP contribution in [0.4, 0.5) is 0 Å². The van der Waals surface area contributed by atoms with Crippen LogP contribution in [-0.2, 0) is 0 Å². The lowest BCUT2D eigenvalue weighted by Gasteiger charge is -2.26. The summed E-state index contributed by atoms with van der Waals surface area (Å²) in [5.41, 5.74) is 0.716. The van der Waals surface area contributed by atoms with Crippen molar-refractivity contribution in [2.45, 2.75) is 45.4 Å². The second kappa shape index (κ2) is 10.3. The molecule has 0 radical (unpaired) electrons. The number of fused-ring (bicyclic) bond motifs is 1. The van der Waals surface area contributed by atoms with Gasteiger partial charge in [0.05, 0.1) is 6.61 Å². The number of rotatable bonds is 9. The summed E-state index contributed by atoms with van der Waals surface area (Å²) in [6, 6.07) is 12.0. The molecule has 1 fully saturated rings. The van der Waals surface area contributed by atoms with Crippen molar-refractivity contribution in [1.29, 1.82) is 0 Å². The lowest BCUT2D eigenvalue weighted by atomic mass is 10.1. The van der Waals surface area contributed by atoms with Crippen molar-refractivity contribution in [2.75, 3.05) is 32.8 Å². The van der Waals surface area contributed by atoms with Crippen molar-refractivity contribution in [3.63, 3.8) is 0 Å². The molecule has 1 heterocycles. The molecule has 4 heteroatoms. The van der Waals surface area contributed by atoms with E-state index in [9.17, 15) is 4.79 Å². The van der Waals surface area contributed by atoms with Gasteiger partial charge in [0.2, 0.25) is 0 Å². The van der Waals surface area contributed by atoms with Crippen LogP contribution in [0.25, 0.3) is 10.8 Å². The zero-order chi connectivity index (χ0) is 18.9. The fraction of sp³-hybridized carbons (Fsp3) is 0.522. The highest BCUT2D eigenvalue weighted by molar-refractivity contribution is 5.98. The van der Waals surface area contributed by atoms with Gasteiger partial charge in [0.1, 0.15) is 5.75 Å². The van der Waals surface area contributed by atoms with Crippen LogP contribution in [0, 0.1) is 0 Å². The zero-order valence-corrected chi connectivity index (χ0v) is 16.5. The Bertz CT molecular complexity index is 738. The fourth-order valence-corrected chi connectivity index (χ4v) is 3.60. The number of ether oxygens (including phenoxy) is 1. The molecule has 0 bridgehead atoms. The third-order valence-corrected chi connectivity index (χ3v) is 5.23. The maximum absolute atomic E-state index is 12.2. The van der Waals surface area contributed by atoms with Gasteiger partial charge in [-0.25, -0.2) is 0 Å². The Morgan fingerprint density at radius 2 is 1.81 bits per heavy atom. The molecule has 27 heavy (non-hydrogen) atoms. The lowest BCUT2D eigenvalue weighted by molar-refractivity contribution is 0.0953. The molecule has 0 spiro atoms. The minimum absolute atomic E-state index is 0.00314. The standard InChI is InChI=1S/C23H32N2O2/c1-2-3-12-24-23(26)21-9-8-20-18-22(11-10-19(20)17-21)27-16-7-15-25-13-5-4-6-14-25/h8-11,17-18H,2-7,12-16H2,1H3,(H,24,26). The van der Waals surface area contributed by atoms with Crippen LogP contribution in [0.1, 0.15) is 55.8 Å². The number of carbonyl (C=O) groups is 1. The monoisotopic (exact) mass is 368 g/mol. The molecule has 2 aromatic rings. The predicted molar refractivity (Wildman–Crippen MR) is 112 cm³/mol. The Balaban J connectivity index is 1.51. The van der Waals surface area contributed by atoms with E-state index in [0.29, 0.717) is 5.56 Å². The summed E-state index contributed by atoms with van der Waals surface area (Å²) in [7, 11) is 0. The number of likely N-dealkylation sites (tertiary alicyclic amines) is 1. The van der Waals surface area contributed by atoms with Gasteiger partial charge in [-0.3, -0.25) is 4.79 Å². The molecule has 0 aromatic heterocycles. The van der Waals surface area contributed by atoms with E-state index in [-0.39, 0.29) is 5.91 Å². The van der Waals surface area contributed by atoms with Crippen molar-refractivity contribution >= 4 is 16.7 Å². The number of amides is 1. The van der Waals surface area contributed by atoms with Gasteiger partial charge in [0, 0.05) is 18.7 Å². The molecule has 0 saturated carbocycles. The maximum atomic E-state index is 12.2. The van der Waals surface area contributed by atoms with E-state index in [2.05, 4.69) is 23.2 Å². The number of nitrogens with one attached hydrogen (secondary N) is 1. The number of piperidine rings is 1. The van der Waals surface area contributed by atoms with Gasteiger partial charge < -0.3 is 15.0 Å². The highest BCUT2D eigenvalue weighted by atomic mass is 16.5. The quantitative estimate of drug-likeness (QED) is 0.657. The molecule has 1 saturated heterocycles. The Labute approximate surface area is 162 Å². The number of unbranched alkanes of at least 4 members (excludes halogenated alkanes) is 1. The van der Waals surface area contributed by atoms with Crippen molar-refractivity contribution in [2.24, 2.45) is 0 Å². The summed E-state index contributed by atoms with van der Waals surface area (Å²) in [6.45, 7) is 7.21. The molecule has 3 rings (SSSR count). The normalized spacial score (nSPS) is 15.0. The Hall–Kier alpha value is -2.07. The Morgan fingerprint density at radius 1 is 1.04 bits per heavy atom. The Morgan fingerprint density at radius 3 is 2.63 bits per heavy atom. The summed E-state index contributed by atoms with van der Waals surface area (Å²) in [5.74, 6) is 0.907. The molecule has 0 unspecified atom stereocenters. The first-order valence-electron chi connectivity index (χ1n) is 10.4. The summed E-state index contributed by atoms with van der Waals surface area (Å²) >= 11 is 0. The van der Waals surface area contributed by atoms with Crippen molar-refractivity contribution in [3.8, 4) is 5.75 Å². The Kier molecular flexibility index (Phi) is 7.52. The zero-order valence-electron chi connectivity index (χ0n) is 16.5. The van der Waals surface area contributed by atoms with E-state index < -0.39 is 0 Å². The largest absolute Gasteiger partial charge is 0.494 e. The van der Waals surface area contributed by atoms with E-state index in [1.807, 2.05) is 30.3 Å². The topological polar surface area (TPSA) is 41.6 Å². The number of carbonyl (C=O) groups excluding carboxylic acids is 1. The predicted octanol–water partition coefficient (Wildman–Crippen LogP) is 4.62. The third kappa shape index (κ3) is 5.96. The summed E-state index contributed by atoms with van der Waals surface area (Å²) in [5, 5.41) is 5.14. The average molecular weight is 369 g/mol. The first-order valence-corrected chi connectivity index (χ1v) is 10.4. The smallest absolute Gasteiger partial charge is 0.251 e. The molecular weight excluding hydrogens is 336 g/mol. The van der Waals surface area contributed by atoms with Crippen LogP contribution >= 0.6 is 0 Å². The van der Waals surface area contributed by atoms with Gasteiger partial charge >= 0.3 is 0 Å². The molecule has 2 aromatic carbocycles. The van der Waals surface area contributed by atoms with Crippen LogP contribution in [0.15, 0.2) is 36.4 Å². The van der Waals surface area contributed by atoms with E-state index >= 15 is 0 Å². The second-order valence-corrected chi connectivity index (χ2v) is 7.44. The van der Waals surface area contributed by atoms with Crippen LogP contribution in [0.5, 0.6) is 5.75 Å². The lowest BCUT2D eigenvalue weighted by Crippen LogP contribution is -2.31. The molecule has 0 atom stereocenters. The number of hydrogen-bond donors (Lipinski definition) is 1. The molecule has 1 amide bonds. The molecule has 4 nitrogen and oxygen atoms in total. The number of hydrogen-bond acceptors (Lipinski definition) is 3. The van der Waals surface area contributed by atoms with Gasteiger partial charge in [0.15, 0.2) is 0 Å². The molecule has 1 N–H and O–H groups in total.